The first kappa shape index (κ1) is 19.3. The fourth-order valence-electron chi connectivity index (χ4n) is 3.38. The molecular weight excluding hydrogens is 418 g/mol. The number of Topliss-reactive ketones (excluding diaryl/α,β-unsaturated/α-hetero) is 1. The van der Waals surface area contributed by atoms with Gasteiger partial charge in [-0.05, 0) is 36.2 Å². The predicted molar refractivity (Wildman–Crippen MR) is 110 cm³/mol. The van der Waals surface area contributed by atoms with Gasteiger partial charge < -0.3 is 9.47 Å². The van der Waals surface area contributed by atoms with Crippen LogP contribution in [0.1, 0.15) is 22.3 Å². The first-order valence-electron chi connectivity index (χ1n) is 9.56. The molecule has 156 valence electrons. The lowest BCUT2D eigenvalue weighted by atomic mass is 10.0. The van der Waals surface area contributed by atoms with Crippen LogP contribution in [0.5, 0.6) is 11.5 Å². The number of imidazole rings is 1. The van der Waals surface area contributed by atoms with Gasteiger partial charge in [-0.15, -0.1) is 0 Å². The van der Waals surface area contributed by atoms with E-state index in [1.165, 1.54) is 18.3 Å². The van der Waals surface area contributed by atoms with E-state index in [4.69, 9.17) is 9.47 Å². The molecule has 3 heterocycles. The minimum atomic E-state index is -3.69. The number of ether oxygens (including phenoxy) is 2. The van der Waals surface area contributed by atoms with E-state index in [2.05, 4.69) is 9.97 Å². The fraction of sp³-hybridized carbons (Fsp3) is 0.136. The lowest BCUT2D eigenvalue weighted by Gasteiger charge is -2.07. The lowest BCUT2D eigenvalue weighted by Crippen LogP contribution is -2.05. The van der Waals surface area contributed by atoms with Crippen LogP contribution < -0.4 is 9.47 Å². The van der Waals surface area contributed by atoms with Gasteiger partial charge in [-0.3, -0.25) is 9.20 Å². The van der Waals surface area contributed by atoms with Crippen LogP contribution in [0, 0.1) is 0 Å². The molecule has 5 rings (SSSR count). The number of hydrogen-bond donors (Lipinski definition) is 0. The molecule has 1 aliphatic heterocycles. The highest BCUT2D eigenvalue weighted by Crippen LogP contribution is 2.35. The van der Waals surface area contributed by atoms with E-state index in [9.17, 15) is 13.2 Å². The molecule has 0 spiro atoms. The van der Waals surface area contributed by atoms with E-state index in [1.807, 2.05) is 0 Å². The van der Waals surface area contributed by atoms with Crippen LogP contribution in [0.4, 0.5) is 0 Å². The number of aromatic nitrogens is 3. The maximum Gasteiger partial charge on any atom is 0.233 e. The highest BCUT2D eigenvalue weighted by atomic mass is 32.2. The summed E-state index contributed by atoms with van der Waals surface area (Å²) in [6.45, 7) is 0.0818. The summed E-state index contributed by atoms with van der Waals surface area (Å²) < 4.78 is 38.0. The number of benzene rings is 2. The zero-order valence-corrected chi connectivity index (χ0v) is 17.1. The molecule has 8 nitrogen and oxygen atoms in total. The summed E-state index contributed by atoms with van der Waals surface area (Å²) in [5.74, 6) is 1.44. The van der Waals surface area contributed by atoms with Crippen molar-refractivity contribution in [2.75, 3.05) is 6.79 Å². The topological polar surface area (TPSA) is 99.9 Å². The third-order valence-corrected chi connectivity index (χ3v) is 6.86. The molecule has 0 radical (unpaired) electrons. The second-order valence-corrected chi connectivity index (χ2v) is 9.01. The smallest absolute Gasteiger partial charge is 0.233 e. The molecule has 2 aromatic carbocycles. The zero-order valence-electron chi connectivity index (χ0n) is 16.3. The van der Waals surface area contributed by atoms with Crippen LogP contribution >= 0.6 is 0 Å². The molecule has 1 aliphatic rings. The van der Waals surface area contributed by atoms with Gasteiger partial charge in [0.2, 0.25) is 22.4 Å². The summed E-state index contributed by atoms with van der Waals surface area (Å²) in [6, 6.07) is 11.1. The maximum atomic E-state index is 12.9. The average molecular weight is 435 g/mol. The van der Waals surface area contributed by atoms with Crippen molar-refractivity contribution in [3.05, 3.63) is 78.4 Å². The minimum absolute atomic E-state index is 0.0415. The summed E-state index contributed by atoms with van der Waals surface area (Å²) in [5, 5.41) is 0. The number of carbonyl (C=O) groups is 1. The standard InChI is InChI=1S/C22H17N3O5S/c26-19(16-12-24-22-23-9-10-25(22)13-16)7-3-15-1-4-17(5-2-15)31(27,28)18-6-8-20-21(11-18)30-14-29-20/h1-2,4-6,8-13H,3,7,14H2. The molecule has 0 amide bonds. The van der Waals surface area contributed by atoms with Crippen molar-refractivity contribution in [2.24, 2.45) is 0 Å². The van der Waals surface area contributed by atoms with E-state index >= 15 is 0 Å². The molecule has 0 saturated carbocycles. The molecule has 9 heteroatoms. The molecule has 0 fully saturated rings. The van der Waals surface area contributed by atoms with Gasteiger partial charge in [0.1, 0.15) is 0 Å². The first-order chi connectivity index (χ1) is 15.0. The normalized spacial score (nSPS) is 12.9. The van der Waals surface area contributed by atoms with E-state index in [0.717, 1.165) is 5.56 Å². The first-order valence-corrected chi connectivity index (χ1v) is 11.0. The van der Waals surface area contributed by atoms with Gasteiger partial charge >= 0.3 is 0 Å². The van der Waals surface area contributed by atoms with Gasteiger partial charge in [0.15, 0.2) is 17.3 Å². The molecule has 0 N–H and O–H groups in total. The van der Waals surface area contributed by atoms with Crippen molar-refractivity contribution in [2.45, 2.75) is 22.6 Å². The number of sulfone groups is 1. The third-order valence-electron chi connectivity index (χ3n) is 5.10. The number of hydrogen-bond acceptors (Lipinski definition) is 7. The molecule has 31 heavy (non-hydrogen) atoms. The number of fused-ring (bicyclic) bond motifs is 2. The van der Waals surface area contributed by atoms with Gasteiger partial charge in [0.25, 0.3) is 0 Å². The Balaban J connectivity index is 1.28. The number of carbonyl (C=O) groups excluding carboxylic acids is 1. The van der Waals surface area contributed by atoms with Crippen LogP contribution in [0.25, 0.3) is 5.78 Å². The number of rotatable bonds is 6. The highest BCUT2D eigenvalue weighted by molar-refractivity contribution is 7.91. The Bertz CT molecular complexity index is 1390. The van der Waals surface area contributed by atoms with E-state index < -0.39 is 9.84 Å². The van der Waals surface area contributed by atoms with Crippen LogP contribution in [0.3, 0.4) is 0 Å². The molecule has 2 aromatic heterocycles. The third kappa shape index (κ3) is 3.64. The Hall–Kier alpha value is -3.72. The molecule has 0 atom stereocenters. The number of nitrogens with zero attached hydrogens (tertiary/aromatic N) is 3. The van der Waals surface area contributed by atoms with E-state index in [0.29, 0.717) is 29.3 Å². The van der Waals surface area contributed by atoms with Gasteiger partial charge in [0.05, 0.1) is 15.4 Å². The largest absolute Gasteiger partial charge is 0.454 e. The molecule has 4 aromatic rings. The summed E-state index contributed by atoms with van der Waals surface area (Å²) >= 11 is 0. The van der Waals surface area contributed by atoms with Crippen LogP contribution in [-0.2, 0) is 16.3 Å². The van der Waals surface area contributed by atoms with Crippen molar-refractivity contribution in [3.63, 3.8) is 0 Å². The lowest BCUT2D eigenvalue weighted by molar-refractivity contribution is 0.0982. The summed E-state index contributed by atoms with van der Waals surface area (Å²) in [4.78, 5) is 21.0. The summed E-state index contributed by atoms with van der Waals surface area (Å²) in [7, 11) is -3.69. The van der Waals surface area contributed by atoms with Crippen molar-refractivity contribution >= 4 is 21.4 Å². The second kappa shape index (κ2) is 7.51. The quantitative estimate of drug-likeness (QED) is 0.429. The SMILES string of the molecule is O=C(CCc1ccc(S(=O)(=O)c2ccc3c(c2)OCO3)cc1)c1cnc2nccn2c1. The Morgan fingerprint density at radius 1 is 1.00 bits per heavy atom. The van der Waals surface area contributed by atoms with Crippen LogP contribution in [-0.4, -0.2) is 35.4 Å². The van der Waals surface area contributed by atoms with Crippen molar-refractivity contribution in [1.82, 2.24) is 14.4 Å². The molecular formula is C22H17N3O5S. The zero-order chi connectivity index (χ0) is 21.4. The number of aryl methyl sites for hydroxylation is 1. The Kier molecular flexibility index (Phi) is 4.67. The highest BCUT2D eigenvalue weighted by Gasteiger charge is 2.22. The molecule has 0 aliphatic carbocycles. The Morgan fingerprint density at radius 2 is 1.77 bits per heavy atom. The van der Waals surface area contributed by atoms with Gasteiger partial charge in [-0.2, -0.15) is 0 Å². The van der Waals surface area contributed by atoms with Gasteiger partial charge in [-0.25, -0.2) is 18.4 Å². The van der Waals surface area contributed by atoms with E-state index in [1.54, 1.807) is 53.3 Å². The van der Waals surface area contributed by atoms with Crippen molar-refractivity contribution in [1.29, 1.82) is 0 Å². The van der Waals surface area contributed by atoms with Gasteiger partial charge in [-0.1, -0.05) is 12.1 Å². The Morgan fingerprint density at radius 3 is 2.61 bits per heavy atom. The van der Waals surface area contributed by atoms with Crippen molar-refractivity contribution in [3.8, 4) is 11.5 Å². The molecule has 0 unspecified atom stereocenters. The van der Waals surface area contributed by atoms with Gasteiger partial charge in [0, 0.05) is 37.3 Å². The van der Waals surface area contributed by atoms with E-state index in [-0.39, 0.29) is 28.8 Å². The van der Waals surface area contributed by atoms with Crippen LogP contribution in [0.2, 0.25) is 0 Å². The summed E-state index contributed by atoms with van der Waals surface area (Å²) in [6.07, 6.45) is 7.36. The summed E-state index contributed by atoms with van der Waals surface area (Å²) in [5.41, 5.74) is 1.38. The monoisotopic (exact) mass is 435 g/mol. The molecule has 0 bridgehead atoms. The Labute approximate surface area is 178 Å². The molecule has 0 saturated heterocycles. The van der Waals surface area contributed by atoms with Crippen molar-refractivity contribution < 1.29 is 22.7 Å². The fourth-order valence-corrected chi connectivity index (χ4v) is 4.65. The van der Waals surface area contributed by atoms with Crippen LogP contribution in [0.15, 0.2) is 77.0 Å². The minimum Gasteiger partial charge on any atom is -0.454 e. The number of ketones is 1. The maximum absolute atomic E-state index is 12.9. The average Bonchev–Trinajstić information content (AvgIpc) is 3.45. The predicted octanol–water partition coefficient (Wildman–Crippen LogP) is 3.11. The second-order valence-electron chi connectivity index (χ2n) is 7.06.